The number of allylic oxidation sites excluding steroid dienone is 4. The summed E-state index contributed by atoms with van der Waals surface area (Å²) in [6.45, 7) is 2.19. The Morgan fingerprint density at radius 1 is 1.38 bits per heavy atom. The van der Waals surface area contributed by atoms with Gasteiger partial charge in [0, 0.05) is 42.8 Å². The minimum atomic E-state index is 0.115. The lowest BCUT2D eigenvalue weighted by atomic mass is 10.0. The number of rotatable bonds is 2. The molecule has 1 N–H and O–H groups in total. The standard InChI is InChI=1S/C17H18N4/c1-10-7-16(20-15-5-6-21(2)17(10)15)19-14-4-3-11(9-18)12-8-13(12)14/h3-6,12-13,16,19H,7-8H2,1-2H3. The van der Waals surface area contributed by atoms with Crippen LogP contribution in [0.15, 0.2) is 40.7 Å². The summed E-state index contributed by atoms with van der Waals surface area (Å²) in [6.07, 6.45) is 8.25. The molecule has 106 valence electrons. The Balaban J connectivity index is 1.61. The van der Waals surface area contributed by atoms with Gasteiger partial charge in [-0.05, 0) is 37.1 Å². The van der Waals surface area contributed by atoms with Crippen LogP contribution >= 0.6 is 0 Å². The first-order valence-electron chi connectivity index (χ1n) is 7.44. The average molecular weight is 278 g/mol. The van der Waals surface area contributed by atoms with E-state index in [1.54, 1.807) is 0 Å². The SMILES string of the molecule is CC1=c2c(ccn2C)=NC(NC2=CC=C(C#N)C3CC23)C1. The molecule has 3 aliphatic rings. The summed E-state index contributed by atoms with van der Waals surface area (Å²) in [4.78, 5) is 4.82. The van der Waals surface area contributed by atoms with E-state index in [1.807, 2.05) is 6.08 Å². The quantitative estimate of drug-likeness (QED) is 0.881. The Bertz CT molecular complexity index is 831. The number of nitrogens with zero attached hydrogens (tertiary/aromatic N) is 3. The number of nitrogens with one attached hydrogen (secondary N) is 1. The molecule has 0 bridgehead atoms. The molecule has 2 heterocycles. The molecule has 0 aromatic carbocycles. The molecule has 3 unspecified atom stereocenters. The predicted octanol–water partition coefficient (Wildman–Crippen LogP) is 1.12. The maximum atomic E-state index is 9.05. The van der Waals surface area contributed by atoms with E-state index in [-0.39, 0.29) is 6.17 Å². The molecule has 21 heavy (non-hydrogen) atoms. The van der Waals surface area contributed by atoms with Crippen LogP contribution in [0.1, 0.15) is 19.8 Å². The number of aromatic nitrogens is 1. The first kappa shape index (κ1) is 12.5. The van der Waals surface area contributed by atoms with Gasteiger partial charge >= 0.3 is 0 Å². The maximum Gasteiger partial charge on any atom is 0.123 e. The minimum absolute atomic E-state index is 0.115. The molecule has 0 radical (unpaired) electrons. The van der Waals surface area contributed by atoms with Gasteiger partial charge in [-0.1, -0.05) is 0 Å². The molecule has 3 atom stereocenters. The van der Waals surface area contributed by atoms with Gasteiger partial charge in [0.1, 0.15) is 6.17 Å². The molecule has 2 aliphatic carbocycles. The van der Waals surface area contributed by atoms with Gasteiger partial charge in [-0.25, -0.2) is 0 Å². The van der Waals surface area contributed by atoms with Crippen molar-refractivity contribution in [1.29, 1.82) is 5.26 Å². The molecular weight excluding hydrogens is 260 g/mol. The van der Waals surface area contributed by atoms with Crippen molar-refractivity contribution in [1.82, 2.24) is 9.88 Å². The molecular formula is C17H18N4. The van der Waals surface area contributed by atoms with Crippen molar-refractivity contribution in [2.45, 2.75) is 25.9 Å². The van der Waals surface area contributed by atoms with Crippen molar-refractivity contribution in [2.24, 2.45) is 23.9 Å². The molecule has 0 spiro atoms. The lowest BCUT2D eigenvalue weighted by Crippen LogP contribution is -2.40. The van der Waals surface area contributed by atoms with Crippen molar-refractivity contribution >= 4 is 5.57 Å². The predicted molar refractivity (Wildman–Crippen MR) is 80.2 cm³/mol. The third kappa shape index (κ3) is 1.92. The fourth-order valence-electron chi connectivity index (χ4n) is 3.60. The number of nitriles is 1. The Morgan fingerprint density at radius 3 is 3.05 bits per heavy atom. The lowest BCUT2D eigenvalue weighted by Gasteiger charge is -2.22. The first-order valence-corrected chi connectivity index (χ1v) is 7.44. The molecule has 1 fully saturated rings. The fourth-order valence-corrected chi connectivity index (χ4v) is 3.60. The molecule has 0 saturated heterocycles. The Kier molecular flexibility index (Phi) is 2.58. The van der Waals surface area contributed by atoms with Crippen LogP contribution in [0.2, 0.25) is 0 Å². The van der Waals surface area contributed by atoms with E-state index >= 15 is 0 Å². The van der Waals surface area contributed by atoms with Crippen LogP contribution in [-0.2, 0) is 7.05 Å². The molecule has 1 aromatic rings. The van der Waals surface area contributed by atoms with Gasteiger partial charge in [-0.15, -0.1) is 0 Å². The normalized spacial score (nSPS) is 29.4. The van der Waals surface area contributed by atoms with Crippen molar-refractivity contribution in [2.75, 3.05) is 0 Å². The van der Waals surface area contributed by atoms with E-state index in [1.165, 1.54) is 16.6 Å². The zero-order chi connectivity index (χ0) is 14.6. The maximum absolute atomic E-state index is 9.05. The third-order valence-electron chi connectivity index (χ3n) is 4.74. The van der Waals surface area contributed by atoms with Crippen molar-refractivity contribution in [3.05, 3.63) is 46.4 Å². The van der Waals surface area contributed by atoms with E-state index in [2.05, 4.69) is 48.3 Å². The summed E-state index contributed by atoms with van der Waals surface area (Å²) in [6, 6.07) is 4.38. The molecule has 1 aromatic heterocycles. The zero-order valence-electron chi connectivity index (χ0n) is 12.3. The van der Waals surface area contributed by atoms with Crippen LogP contribution in [0.25, 0.3) is 5.57 Å². The summed E-state index contributed by atoms with van der Waals surface area (Å²) in [5.41, 5.74) is 3.56. The van der Waals surface area contributed by atoms with Gasteiger partial charge in [-0.3, -0.25) is 4.99 Å². The molecule has 4 nitrogen and oxygen atoms in total. The highest BCUT2D eigenvalue weighted by Gasteiger charge is 2.44. The highest BCUT2D eigenvalue weighted by Crippen LogP contribution is 2.50. The second-order valence-corrected chi connectivity index (χ2v) is 6.24. The molecule has 4 heteroatoms. The van der Waals surface area contributed by atoms with Crippen LogP contribution in [-0.4, -0.2) is 10.7 Å². The average Bonchev–Trinajstić information content (AvgIpc) is 3.18. The third-order valence-corrected chi connectivity index (χ3v) is 4.74. The van der Waals surface area contributed by atoms with Crippen LogP contribution in [0.5, 0.6) is 0 Å². The fraction of sp³-hybridized carbons (Fsp3) is 0.412. The van der Waals surface area contributed by atoms with Crippen LogP contribution in [0.3, 0.4) is 0 Å². The summed E-state index contributed by atoms with van der Waals surface area (Å²) in [5, 5.41) is 15.0. The van der Waals surface area contributed by atoms with Crippen molar-refractivity contribution in [3.63, 3.8) is 0 Å². The summed E-state index contributed by atoms with van der Waals surface area (Å²) >= 11 is 0. The number of hydrogen-bond donors (Lipinski definition) is 1. The largest absolute Gasteiger partial charge is 0.367 e. The van der Waals surface area contributed by atoms with E-state index in [0.717, 1.165) is 23.8 Å². The van der Waals surface area contributed by atoms with E-state index in [0.29, 0.717) is 11.8 Å². The van der Waals surface area contributed by atoms with Gasteiger partial charge in [0.05, 0.1) is 16.8 Å². The minimum Gasteiger partial charge on any atom is -0.367 e. The van der Waals surface area contributed by atoms with Gasteiger partial charge in [0.2, 0.25) is 0 Å². The number of fused-ring (bicyclic) bond motifs is 2. The van der Waals surface area contributed by atoms with Gasteiger partial charge in [0.25, 0.3) is 0 Å². The van der Waals surface area contributed by atoms with E-state index in [4.69, 9.17) is 10.3 Å². The first-order chi connectivity index (χ1) is 10.2. The van der Waals surface area contributed by atoms with Gasteiger partial charge in [0.15, 0.2) is 0 Å². The lowest BCUT2D eigenvalue weighted by molar-refractivity contribution is 0.550. The highest BCUT2D eigenvalue weighted by atomic mass is 15.1. The summed E-state index contributed by atoms with van der Waals surface area (Å²) in [7, 11) is 2.07. The molecule has 1 saturated carbocycles. The number of aryl methyl sites for hydroxylation is 1. The molecule has 0 amide bonds. The Morgan fingerprint density at radius 2 is 2.24 bits per heavy atom. The summed E-state index contributed by atoms with van der Waals surface area (Å²) < 4.78 is 2.14. The second kappa shape index (κ2) is 4.36. The Labute approximate surface area is 123 Å². The van der Waals surface area contributed by atoms with Crippen LogP contribution < -0.4 is 16.0 Å². The van der Waals surface area contributed by atoms with Gasteiger partial charge in [-0.2, -0.15) is 5.26 Å². The Hall–Kier alpha value is -2.28. The second-order valence-electron chi connectivity index (χ2n) is 6.24. The topological polar surface area (TPSA) is 53.1 Å². The van der Waals surface area contributed by atoms with Crippen LogP contribution in [0, 0.1) is 23.2 Å². The molecule has 1 aliphatic heterocycles. The van der Waals surface area contributed by atoms with Crippen molar-refractivity contribution < 1.29 is 0 Å². The zero-order valence-corrected chi connectivity index (χ0v) is 12.3. The monoisotopic (exact) mass is 278 g/mol. The smallest absolute Gasteiger partial charge is 0.123 e. The van der Waals surface area contributed by atoms with Gasteiger partial charge < -0.3 is 9.88 Å². The number of hydrogen-bond acceptors (Lipinski definition) is 3. The van der Waals surface area contributed by atoms with E-state index in [9.17, 15) is 0 Å². The van der Waals surface area contributed by atoms with Crippen molar-refractivity contribution in [3.8, 4) is 6.07 Å². The molecule has 4 rings (SSSR count). The highest BCUT2D eigenvalue weighted by molar-refractivity contribution is 5.44. The van der Waals surface area contributed by atoms with Crippen LogP contribution in [0.4, 0.5) is 0 Å². The summed E-state index contributed by atoms with van der Waals surface area (Å²) in [5.74, 6) is 0.959. The van der Waals surface area contributed by atoms with E-state index < -0.39 is 0 Å².